The Bertz CT molecular complexity index is 792. The summed E-state index contributed by atoms with van der Waals surface area (Å²) in [5.41, 5.74) is -2.98. The molecule has 5 aliphatic carbocycles. The van der Waals surface area contributed by atoms with E-state index in [4.69, 9.17) is 14.2 Å². The van der Waals surface area contributed by atoms with Crippen molar-refractivity contribution >= 4 is 0 Å². The SMILES string of the molecule is CCN1[C@@H]2O[C@H]3CC[C@]2(COC)[C@H]2C[C@@]4(O)[C@@H]1[C@@]32[C@H]1C[C@@H]2[C@H](O)[C@H]1[C@]4(O)C[C@@H]2OC. The molecule has 9 bridgehead atoms. The molecule has 7 heteroatoms. The number of ether oxygens (including phenoxy) is 3. The van der Waals surface area contributed by atoms with Gasteiger partial charge in [-0.2, -0.15) is 0 Å². The third-order valence-electron chi connectivity index (χ3n) is 11.4. The van der Waals surface area contributed by atoms with Gasteiger partial charge in [-0.05, 0) is 44.1 Å². The van der Waals surface area contributed by atoms with Crippen molar-refractivity contribution in [3.05, 3.63) is 0 Å². The Kier molecular flexibility index (Phi) is 3.48. The van der Waals surface area contributed by atoms with Gasteiger partial charge < -0.3 is 29.5 Å². The summed E-state index contributed by atoms with van der Waals surface area (Å²) < 4.78 is 18.4. The summed E-state index contributed by atoms with van der Waals surface area (Å²) in [4.78, 5) is 2.37. The van der Waals surface area contributed by atoms with Crippen LogP contribution in [-0.2, 0) is 14.2 Å². The molecule has 1 spiro atoms. The van der Waals surface area contributed by atoms with Crippen LogP contribution in [0.25, 0.3) is 0 Å². The first-order valence-corrected chi connectivity index (χ1v) is 11.9. The lowest BCUT2D eigenvalue weighted by Gasteiger charge is -2.76. The van der Waals surface area contributed by atoms with E-state index >= 15 is 0 Å². The van der Waals surface area contributed by atoms with E-state index in [2.05, 4.69) is 11.8 Å². The summed E-state index contributed by atoms with van der Waals surface area (Å²) in [6, 6.07) is -0.123. The first kappa shape index (κ1) is 19.2. The fourth-order valence-corrected chi connectivity index (χ4v) is 10.9. The van der Waals surface area contributed by atoms with Crippen molar-refractivity contribution in [3.63, 3.8) is 0 Å². The van der Waals surface area contributed by atoms with Gasteiger partial charge >= 0.3 is 0 Å². The van der Waals surface area contributed by atoms with Gasteiger partial charge in [-0.3, -0.25) is 4.90 Å². The topological polar surface area (TPSA) is 91.6 Å². The second-order valence-electron chi connectivity index (χ2n) is 11.5. The van der Waals surface area contributed by atoms with Crippen molar-refractivity contribution in [3.8, 4) is 0 Å². The highest BCUT2D eigenvalue weighted by atomic mass is 16.5. The highest BCUT2D eigenvalue weighted by Gasteiger charge is 2.91. The smallest absolute Gasteiger partial charge is 0.119 e. The number of rotatable bonds is 4. The van der Waals surface area contributed by atoms with Gasteiger partial charge in [-0.25, -0.2) is 0 Å². The Morgan fingerprint density at radius 2 is 1.97 bits per heavy atom. The summed E-state index contributed by atoms with van der Waals surface area (Å²) >= 11 is 0. The van der Waals surface area contributed by atoms with Crippen LogP contribution in [0.4, 0.5) is 0 Å². The normalized spacial score (nSPS) is 66.8. The third kappa shape index (κ3) is 1.56. The zero-order valence-electron chi connectivity index (χ0n) is 18.2. The number of hydrogen-bond donors (Lipinski definition) is 3. The molecule has 9 rings (SSSR count). The number of hydrogen-bond acceptors (Lipinski definition) is 7. The van der Waals surface area contributed by atoms with Crippen molar-refractivity contribution in [1.82, 2.24) is 4.90 Å². The van der Waals surface area contributed by atoms with Gasteiger partial charge in [0.15, 0.2) is 0 Å². The standard InChI is InChI=1S/C23H35NO6/c1-4-24-18-22(27)9-14-20(10-28-2)6-5-15(30-19(20)24)23(14,18)12-7-11-13(29-3)8-21(22,26)16(12)17(11)25/h11-19,25-27H,4-10H2,1-3H3/t11-,12-,13-,14+,15-,16-,17-,18+,19+,20-,21+,22+,23+/m0/s1. The van der Waals surface area contributed by atoms with Crippen LogP contribution in [0.1, 0.15) is 39.0 Å². The van der Waals surface area contributed by atoms with Crippen molar-refractivity contribution in [2.75, 3.05) is 27.4 Å². The van der Waals surface area contributed by atoms with E-state index in [1.807, 2.05) is 0 Å². The summed E-state index contributed by atoms with van der Waals surface area (Å²) in [5.74, 6) is 0.107. The summed E-state index contributed by atoms with van der Waals surface area (Å²) in [6.45, 7) is 3.54. The van der Waals surface area contributed by atoms with Crippen LogP contribution in [0.15, 0.2) is 0 Å². The quantitative estimate of drug-likeness (QED) is 0.604. The molecular formula is C23H35NO6. The first-order chi connectivity index (χ1) is 14.3. The summed E-state index contributed by atoms with van der Waals surface area (Å²) in [5, 5.41) is 36.2. The molecule has 9 aliphatic rings. The molecule has 9 fully saturated rings. The maximum absolute atomic E-state index is 12.5. The van der Waals surface area contributed by atoms with Crippen LogP contribution in [0.3, 0.4) is 0 Å². The molecule has 4 aliphatic heterocycles. The van der Waals surface area contributed by atoms with Crippen LogP contribution in [0, 0.1) is 34.5 Å². The minimum Gasteiger partial charge on any atom is -0.392 e. The van der Waals surface area contributed by atoms with Crippen molar-refractivity contribution < 1.29 is 29.5 Å². The van der Waals surface area contributed by atoms with E-state index in [0.717, 1.165) is 25.8 Å². The third-order valence-corrected chi connectivity index (χ3v) is 11.4. The van der Waals surface area contributed by atoms with E-state index in [-0.39, 0.29) is 59.0 Å². The largest absolute Gasteiger partial charge is 0.392 e. The molecule has 0 aromatic carbocycles. The van der Waals surface area contributed by atoms with Crippen LogP contribution < -0.4 is 0 Å². The van der Waals surface area contributed by atoms with Gasteiger partial charge in [0.1, 0.15) is 17.4 Å². The maximum atomic E-state index is 12.5. The molecule has 13 atom stereocenters. The van der Waals surface area contributed by atoms with E-state index in [1.165, 1.54) is 0 Å². The zero-order valence-corrected chi connectivity index (χ0v) is 18.2. The zero-order chi connectivity index (χ0) is 20.8. The van der Waals surface area contributed by atoms with Crippen molar-refractivity contribution in [1.29, 1.82) is 0 Å². The predicted octanol–water partition coefficient (Wildman–Crippen LogP) is 0.356. The summed E-state index contributed by atoms with van der Waals surface area (Å²) in [6.07, 6.45) is 3.04. The first-order valence-electron chi connectivity index (χ1n) is 11.9. The predicted molar refractivity (Wildman–Crippen MR) is 105 cm³/mol. The molecule has 0 amide bonds. The Morgan fingerprint density at radius 1 is 1.17 bits per heavy atom. The minimum absolute atomic E-state index is 0.0213. The van der Waals surface area contributed by atoms with Gasteiger partial charge in [0.2, 0.25) is 0 Å². The molecular weight excluding hydrogens is 386 g/mol. The number of nitrogens with zero attached hydrogens (tertiary/aromatic N) is 1. The van der Waals surface area contributed by atoms with Crippen LogP contribution in [0.2, 0.25) is 0 Å². The number of likely N-dealkylation sites (N-methyl/N-ethyl adjacent to an activating group) is 1. The Labute approximate surface area is 177 Å². The monoisotopic (exact) mass is 421 g/mol. The van der Waals surface area contributed by atoms with Gasteiger partial charge in [-0.15, -0.1) is 0 Å². The van der Waals surface area contributed by atoms with E-state index in [0.29, 0.717) is 19.4 Å². The number of aliphatic hydroxyl groups is 3. The van der Waals surface area contributed by atoms with Crippen LogP contribution in [0.5, 0.6) is 0 Å². The van der Waals surface area contributed by atoms with Gasteiger partial charge in [-0.1, -0.05) is 6.92 Å². The van der Waals surface area contributed by atoms with E-state index in [1.54, 1.807) is 14.2 Å². The minimum atomic E-state index is -1.33. The fraction of sp³-hybridized carbons (Fsp3) is 1.00. The molecule has 3 N–H and O–H groups in total. The molecule has 0 aromatic heterocycles. The molecule has 168 valence electrons. The average molecular weight is 422 g/mol. The number of aliphatic hydroxyl groups excluding tert-OH is 1. The lowest BCUT2D eigenvalue weighted by atomic mass is 9.41. The molecule has 0 unspecified atom stereocenters. The molecule has 7 nitrogen and oxygen atoms in total. The molecule has 4 heterocycles. The Morgan fingerprint density at radius 3 is 2.67 bits per heavy atom. The second kappa shape index (κ2) is 5.44. The lowest BCUT2D eigenvalue weighted by Crippen LogP contribution is -2.86. The van der Waals surface area contributed by atoms with Gasteiger partial charge in [0.05, 0.1) is 31.0 Å². The van der Waals surface area contributed by atoms with Crippen LogP contribution >= 0.6 is 0 Å². The number of piperidine rings is 1. The highest BCUT2D eigenvalue weighted by molar-refractivity contribution is 5.40. The average Bonchev–Trinajstić information content (AvgIpc) is 3.14. The van der Waals surface area contributed by atoms with Gasteiger partial charge in [0.25, 0.3) is 0 Å². The molecule has 30 heavy (non-hydrogen) atoms. The highest BCUT2D eigenvalue weighted by Crippen LogP contribution is 2.83. The van der Waals surface area contributed by atoms with Crippen molar-refractivity contribution in [2.24, 2.45) is 34.5 Å². The Balaban J connectivity index is 1.51. The molecule has 4 saturated heterocycles. The van der Waals surface area contributed by atoms with Crippen LogP contribution in [-0.4, -0.2) is 89.4 Å². The molecule has 0 radical (unpaired) electrons. The Hall–Kier alpha value is -0.280. The molecule has 0 aromatic rings. The number of methoxy groups -OCH3 is 2. The van der Waals surface area contributed by atoms with Crippen molar-refractivity contribution in [2.45, 2.75) is 80.8 Å². The maximum Gasteiger partial charge on any atom is 0.119 e. The lowest BCUT2D eigenvalue weighted by molar-refractivity contribution is -0.410. The summed E-state index contributed by atoms with van der Waals surface area (Å²) in [7, 11) is 3.44. The second-order valence-corrected chi connectivity index (χ2v) is 11.5. The van der Waals surface area contributed by atoms with Gasteiger partial charge in [0, 0.05) is 43.3 Å². The number of fused-ring (bicyclic) bond motifs is 3. The van der Waals surface area contributed by atoms with E-state index < -0.39 is 17.3 Å². The van der Waals surface area contributed by atoms with E-state index in [9.17, 15) is 15.3 Å². The fourth-order valence-electron chi connectivity index (χ4n) is 10.9. The molecule has 5 saturated carbocycles.